The number of aryl methyl sites for hydroxylation is 1. The van der Waals surface area contributed by atoms with Gasteiger partial charge in [0.25, 0.3) is 5.88 Å². The molecule has 0 bridgehead atoms. The van der Waals surface area contributed by atoms with E-state index in [4.69, 9.17) is 16.3 Å². The summed E-state index contributed by atoms with van der Waals surface area (Å²) in [6.45, 7) is 1.66. The summed E-state index contributed by atoms with van der Waals surface area (Å²) in [6.07, 6.45) is 0. The molecule has 2 aromatic rings. The van der Waals surface area contributed by atoms with Crippen molar-refractivity contribution < 1.29 is 9.66 Å². The Hall–Kier alpha value is -2.21. The van der Waals surface area contributed by atoms with Gasteiger partial charge in [0.05, 0.1) is 4.92 Å². The molecule has 0 saturated heterocycles. The van der Waals surface area contributed by atoms with E-state index >= 15 is 0 Å². The molecule has 7 heteroatoms. The summed E-state index contributed by atoms with van der Waals surface area (Å²) in [7, 11) is 0. The molecule has 0 N–H and O–H groups in total. The summed E-state index contributed by atoms with van der Waals surface area (Å²) in [5.41, 5.74) is 0.789. The number of nitrogens with zero attached hydrogens (tertiary/aromatic N) is 3. The number of hydrogen-bond donors (Lipinski definition) is 0. The Morgan fingerprint density at radius 3 is 2.63 bits per heavy atom. The lowest BCUT2D eigenvalue weighted by atomic mass is 10.2. The summed E-state index contributed by atoms with van der Waals surface area (Å²) < 4.78 is 5.37. The maximum atomic E-state index is 11.0. The first kappa shape index (κ1) is 13.2. The van der Waals surface area contributed by atoms with E-state index in [9.17, 15) is 10.1 Å². The Morgan fingerprint density at radius 2 is 2.00 bits per heavy atom. The van der Waals surface area contributed by atoms with E-state index in [0.717, 1.165) is 5.56 Å². The molecule has 0 amide bonds. The molecule has 0 atom stereocenters. The van der Waals surface area contributed by atoms with Gasteiger partial charge in [-0.25, -0.2) is 4.98 Å². The quantitative estimate of drug-likeness (QED) is 0.488. The summed E-state index contributed by atoms with van der Waals surface area (Å²) >= 11 is 5.68. The SMILES string of the molecule is Cc1nc(Cl)nc(OCc2ccccc2)c1[N+](=O)[O-]. The maximum Gasteiger partial charge on any atom is 0.352 e. The van der Waals surface area contributed by atoms with E-state index in [1.54, 1.807) is 0 Å². The number of benzene rings is 1. The molecule has 2 rings (SSSR count). The van der Waals surface area contributed by atoms with Crippen molar-refractivity contribution in [1.82, 2.24) is 9.97 Å². The van der Waals surface area contributed by atoms with Gasteiger partial charge in [-0.1, -0.05) is 30.3 Å². The Kier molecular flexibility index (Phi) is 3.91. The van der Waals surface area contributed by atoms with E-state index in [2.05, 4.69) is 9.97 Å². The van der Waals surface area contributed by atoms with Crippen molar-refractivity contribution in [3.05, 3.63) is 57.0 Å². The standard InChI is InChI=1S/C12H10ClN3O3/c1-8-10(16(17)18)11(15-12(13)14-8)19-7-9-5-3-2-4-6-9/h2-6H,7H2,1H3. The first-order valence-corrected chi connectivity index (χ1v) is 5.81. The summed E-state index contributed by atoms with van der Waals surface area (Å²) in [5.74, 6) is -0.119. The zero-order chi connectivity index (χ0) is 13.8. The fourth-order valence-corrected chi connectivity index (χ4v) is 1.75. The molecule has 0 spiro atoms. The zero-order valence-corrected chi connectivity index (χ0v) is 10.8. The molecule has 1 aromatic carbocycles. The van der Waals surface area contributed by atoms with Crippen molar-refractivity contribution in [1.29, 1.82) is 0 Å². The fraction of sp³-hybridized carbons (Fsp3) is 0.167. The van der Waals surface area contributed by atoms with Crippen molar-refractivity contribution >= 4 is 17.3 Å². The molecular formula is C12H10ClN3O3. The second kappa shape index (κ2) is 5.62. The molecule has 19 heavy (non-hydrogen) atoms. The lowest BCUT2D eigenvalue weighted by Crippen LogP contribution is -2.04. The third-order valence-electron chi connectivity index (χ3n) is 2.40. The van der Waals surface area contributed by atoms with E-state index in [-0.39, 0.29) is 29.2 Å². The summed E-state index contributed by atoms with van der Waals surface area (Å²) in [4.78, 5) is 17.9. The largest absolute Gasteiger partial charge is 0.468 e. The van der Waals surface area contributed by atoms with Crippen LogP contribution in [0, 0.1) is 17.0 Å². The van der Waals surface area contributed by atoms with Crippen LogP contribution in [0.3, 0.4) is 0 Å². The fourth-order valence-electron chi connectivity index (χ4n) is 1.54. The number of rotatable bonds is 4. The van der Waals surface area contributed by atoms with Crippen molar-refractivity contribution in [3.8, 4) is 5.88 Å². The minimum absolute atomic E-state index is 0.0776. The average Bonchev–Trinajstić information content (AvgIpc) is 2.36. The van der Waals surface area contributed by atoms with E-state index in [1.165, 1.54) is 6.92 Å². The lowest BCUT2D eigenvalue weighted by Gasteiger charge is -2.07. The van der Waals surface area contributed by atoms with E-state index in [1.807, 2.05) is 30.3 Å². The van der Waals surface area contributed by atoms with Crippen LogP contribution in [0.2, 0.25) is 5.28 Å². The summed E-state index contributed by atoms with van der Waals surface area (Å²) in [5, 5.41) is 10.9. The van der Waals surface area contributed by atoms with Crippen molar-refractivity contribution in [2.75, 3.05) is 0 Å². The maximum absolute atomic E-state index is 11.0. The van der Waals surface area contributed by atoms with Gasteiger partial charge in [-0.2, -0.15) is 4.98 Å². The highest BCUT2D eigenvalue weighted by Crippen LogP contribution is 2.29. The first-order valence-electron chi connectivity index (χ1n) is 5.43. The molecule has 0 aliphatic carbocycles. The molecular weight excluding hydrogens is 270 g/mol. The van der Waals surface area contributed by atoms with Gasteiger partial charge < -0.3 is 4.74 Å². The van der Waals surface area contributed by atoms with E-state index in [0.29, 0.717) is 0 Å². The van der Waals surface area contributed by atoms with Gasteiger partial charge in [0.15, 0.2) is 0 Å². The summed E-state index contributed by atoms with van der Waals surface area (Å²) in [6, 6.07) is 9.28. The van der Waals surface area contributed by atoms with Crippen LogP contribution in [0.4, 0.5) is 5.69 Å². The van der Waals surface area contributed by atoms with Crippen LogP contribution in [0.5, 0.6) is 5.88 Å². The highest BCUT2D eigenvalue weighted by molar-refractivity contribution is 6.28. The molecule has 6 nitrogen and oxygen atoms in total. The third-order valence-corrected chi connectivity index (χ3v) is 2.57. The highest BCUT2D eigenvalue weighted by Gasteiger charge is 2.23. The molecule has 0 fully saturated rings. The van der Waals surface area contributed by atoms with E-state index < -0.39 is 4.92 Å². The van der Waals surface area contributed by atoms with Crippen LogP contribution in [0.25, 0.3) is 0 Å². The molecule has 0 aliphatic rings. The van der Waals surface area contributed by atoms with Gasteiger partial charge in [-0.05, 0) is 24.1 Å². The second-order valence-electron chi connectivity index (χ2n) is 3.76. The zero-order valence-electron chi connectivity index (χ0n) is 10.0. The van der Waals surface area contributed by atoms with Gasteiger partial charge in [-0.15, -0.1) is 0 Å². The molecule has 0 saturated carbocycles. The number of halogens is 1. The van der Waals surface area contributed by atoms with Crippen LogP contribution in [-0.4, -0.2) is 14.9 Å². The van der Waals surface area contributed by atoms with Gasteiger partial charge in [-0.3, -0.25) is 10.1 Å². The van der Waals surface area contributed by atoms with Crippen LogP contribution in [0.15, 0.2) is 30.3 Å². The van der Waals surface area contributed by atoms with Crippen molar-refractivity contribution in [3.63, 3.8) is 0 Å². The van der Waals surface area contributed by atoms with Gasteiger partial charge in [0.2, 0.25) is 5.28 Å². The Labute approximate surface area is 114 Å². The Balaban J connectivity index is 2.27. The van der Waals surface area contributed by atoms with Crippen LogP contribution in [-0.2, 0) is 6.61 Å². The van der Waals surface area contributed by atoms with Crippen molar-refractivity contribution in [2.24, 2.45) is 0 Å². The smallest absolute Gasteiger partial charge is 0.352 e. The Bertz CT molecular complexity index is 605. The molecule has 0 radical (unpaired) electrons. The van der Waals surface area contributed by atoms with Crippen molar-refractivity contribution in [2.45, 2.75) is 13.5 Å². The first-order chi connectivity index (χ1) is 9.08. The molecule has 1 heterocycles. The predicted octanol–water partition coefficient (Wildman–Crippen LogP) is 2.93. The topological polar surface area (TPSA) is 78.2 Å². The number of aromatic nitrogens is 2. The minimum atomic E-state index is -0.577. The van der Waals surface area contributed by atoms with Crippen LogP contribution in [0.1, 0.15) is 11.3 Å². The number of ether oxygens (including phenoxy) is 1. The Morgan fingerprint density at radius 1 is 1.32 bits per heavy atom. The number of nitro groups is 1. The monoisotopic (exact) mass is 279 g/mol. The molecule has 0 aliphatic heterocycles. The van der Waals surface area contributed by atoms with Gasteiger partial charge in [0.1, 0.15) is 12.3 Å². The minimum Gasteiger partial charge on any atom is -0.468 e. The second-order valence-corrected chi connectivity index (χ2v) is 4.10. The highest BCUT2D eigenvalue weighted by atomic mass is 35.5. The number of hydrogen-bond acceptors (Lipinski definition) is 5. The lowest BCUT2D eigenvalue weighted by molar-refractivity contribution is -0.387. The average molecular weight is 280 g/mol. The van der Waals surface area contributed by atoms with Crippen LogP contribution >= 0.6 is 11.6 Å². The molecule has 1 aromatic heterocycles. The van der Waals surface area contributed by atoms with Gasteiger partial charge >= 0.3 is 5.69 Å². The molecule has 0 unspecified atom stereocenters. The third kappa shape index (κ3) is 3.17. The predicted molar refractivity (Wildman–Crippen MR) is 69.2 cm³/mol. The van der Waals surface area contributed by atoms with Crippen LogP contribution < -0.4 is 4.74 Å². The molecule has 98 valence electrons. The normalized spacial score (nSPS) is 10.2. The van der Waals surface area contributed by atoms with Gasteiger partial charge in [0, 0.05) is 0 Å².